The molecule has 6 rings (SSSR count). The van der Waals surface area contributed by atoms with Gasteiger partial charge in [0.05, 0.1) is 17.8 Å². The number of pyridine rings is 2. The van der Waals surface area contributed by atoms with Crippen LogP contribution in [-0.4, -0.2) is 68.0 Å². The summed E-state index contributed by atoms with van der Waals surface area (Å²) in [6.45, 7) is 3.48. The molecule has 5 heterocycles. The van der Waals surface area contributed by atoms with Crippen LogP contribution in [-0.2, 0) is 13.1 Å². The fraction of sp³-hybridized carbons (Fsp3) is 0.357. The molecule has 2 aliphatic rings. The molecule has 0 unspecified atom stereocenters. The fourth-order valence-corrected chi connectivity index (χ4v) is 5.30. The van der Waals surface area contributed by atoms with Crippen LogP contribution in [0.4, 0.5) is 14.5 Å². The van der Waals surface area contributed by atoms with Gasteiger partial charge in [-0.15, -0.1) is 0 Å². The molecule has 0 bridgehead atoms. The molecule has 0 spiro atoms. The number of aromatic nitrogens is 4. The normalized spacial score (nSPS) is 17.8. The van der Waals surface area contributed by atoms with E-state index in [9.17, 15) is 13.6 Å². The Morgan fingerprint density at radius 2 is 1.87 bits per heavy atom. The molecule has 0 atom stereocenters. The van der Waals surface area contributed by atoms with Crippen molar-refractivity contribution in [3.8, 4) is 11.1 Å². The third-order valence-corrected chi connectivity index (χ3v) is 7.22. The topological polar surface area (TPSA) is 90.0 Å². The Morgan fingerprint density at radius 1 is 1.00 bits per heavy atom. The molecule has 3 aromatic heterocycles. The number of amides is 1. The number of alkyl halides is 2. The third-order valence-electron chi connectivity index (χ3n) is 7.22. The first kappa shape index (κ1) is 24.6. The average molecular weight is 518 g/mol. The van der Waals surface area contributed by atoms with Crippen molar-refractivity contribution in [2.45, 2.75) is 38.3 Å². The van der Waals surface area contributed by atoms with Gasteiger partial charge >= 0.3 is 0 Å². The number of nitrogens with zero attached hydrogens (tertiary/aromatic N) is 5. The number of carbonyl (C=O) groups excluding carboxylic acids is 1. The first-order valence-corrected chi connectivity index (χ1v) is 12.9. The van der Waals surface area contributed by atoms with Gasteiger partial charge in [0.1, 0.15) is 0 Å². The second-order valence-corrected chi connectivity index (χ2v) is 10.2. The number of hydrogen-bond donors (Lipinski definition) is 2. The van der Waals surface area contributed by atoms with Gasteiger partial charge in [-0.25, -0.2) is 8.78 Å². The van der Waals surface area contributed by atoms with E-state index < -0.39 is 5.92 Å². The van der Waals surface area contributed by atoms with Crippen LogP contribution >= 0.6 is 0 Å². The number of aromatic amines is 1. The molecule has 1 amide bonds. The van der Waals surface area contributed by atoms with E-state index in [0.717, 1.165) is 47.5 Å². The lowest BCUT2D eigenvalue weighted by Gasteiger charge is -2.15. The fourth-order valence-electron chi connectivity index (χ4n) is 5.30. The summed E-state index contributed by atoms with van der Waals surface area (Å²) in [5.41, 5.74) is 5.22. The van der Waals surface area contributed by atoms with Crippen molar-refractivity contribution in [2.24, 2.45) is 0 Å². The first-order chi connectivity index (χ1) is 18.4. The number of nitrogens with one attached hydrogen (secondary N) is 2. The highest BCUT2D eigenvalue weighted by molar-refractivity contribution is 6.11. The van der Waals surface area contributed by atoms with E-state index in [0.29, 0.717) is 29.9 Å². The number of benzene rings is 1. The summed E-state index contributed by atoms with van der Waals surface area (Å²) < 4.78 is 27.2. The Labute approximate surface area is 219 Å². The van der Waals surface area contributed by atoms with Crippen molar-refractivity contribution in [1.29, 1.82) is 0 Å². The average Bonchev–Trinajstić information content (AvgIpc) is 3.64. The summed E-state index contributed by atoms with van der Waals surface area (Å²) in [5, 5.41) is 10.9. The second-order valence-electron chi connectivity index (χ2n) is 10.2. The molecule has 2 aliphatic heterocycles. The minimum absolute atomic E-state index is 0.110. The SMILES string of the molecule is O=C(Nc1ccnc(CN2CCCC2)c1)c1n[nH]c2ccc(-c3cncc(CN4CCC(F)(F)C4)c3)cc12. The van der Waals surface area contributed by atoms with Gasteiger partial charge in [0.25, 0.3) is 11.8 Å². The van der Waals surface area contributed by atoms with Gasteiger partial charge < -0.3 is 5.32 Å². The van der Waals surface area contributed by atoms with Crippen LogP contribution < -0.4 is 5.32 Å². The summed E-state index contributed by atoms with van der Waals surface area (Å²) in [5.74, 6) is -2.94. The molecule has 2 fully saturated rings. The Morgan fingerprint density at radius 3 is 2.68 bits per heavy atom. The molecule has 38 heavy (non-hydrogen) atoms. The molecule has 196 valence electrons. The zero-order valence-corrected chi connectivity index (χ0v) is 21.0. The lowest BCUT2D eigenvalue weighted by atomic mass is 10.0. The van der Waals surface area contributed by atoms with E-state index in [1.54, 1.807) is 29.6 Å². The van der Waals surface area contributed by atoms with Crippen molar-refractivity contribution >= 4 is 22.5 Å². The van der Waals surface area contributed by atoms with Crippen LogP contribution in [0.1, 0.15) is 41.0 Å². The highest BCUT2D eigenvalue weighted by Crippen LogP contribution is 2.29. The van der Waals surface area contributed by atoms with Gasteiger partial charge in [0.2, 0.25) is 0 Å². The largest absolute Gasteiger partial charge is 0.320 e. The summed E-state index contributed by atoms with van der Waals surface area (Å²) in [4.78, 5) is 26.1. The van der Waals surface area contributed by atoms with Crippen molar-refractivity contribution < 1.29 is 13.6 Å². The summed E-state index contributed by atoms with van der Waals surface area (Å²) in [7, 11) is 0. The molecule has 0 radical (unpaired) electrons. The minimum atomic E-state index is -2.62. The van der Waals surface area contributed by atoms with Gasteiger partial charge in [0, 0.05) is 61.3 Å². The Kier molecular flexibility index (Phi) is 6.59. The maximum absolute atomic E-state index is 13.6. The zero-order valence-electron chi connectivity index (χ0n) is 21.0. The van der Waals surface area contributed by atoms with Gasteiger partial charge in [-0.3, -0.25) is 29.7 Å². The molecule has 0 saturated carbocycles. The van der Waals surface area contributed by atoms with E-state index >= 15 is 0 Å². The van der Waals surface area contributed by atoms with Crippen LogP contribution in [0.2, 0.25) is 0 Å². The van der Waals surface area contributed by atoms with Crippen LogP contribution in [0.25, 0.3) is 22.0 Å². The Balaban J connectivity index is 1.20. The van der Waals surface area contributed by atoms with E-state index in [1.165, 1.54) is 12.8 Å². The Bertz CT molecular complexity index is 1460. The molecule has 1 aromatic carbocycles. The van der Waals surface area contributed by atoms with Gasteiger partial charge in [-0.1, -0.05) is 6.07 Å². The number of rotatable bonds is 7. The molecule has 0 aliphatic carbocycles. The highest BCUT2D eigenvalue weighted by atomic mass is 19.3. The number of anilines is 1. The van der Waals surface area contributed by atoms with Crippen molar-refractivity contribution in [3.63, 3.8) is 0 Å². The lowest BCUT2D eigenvalue weighted by molar-refractivity contribution is 0.0115. The predicted molar refractivity (Wildman–Crippen MR) is 141 cm³/mol. The Hall–Kier alpha value is -3.76. The maximum Gasteiger partial charge on any atom is 0.276 e. The number of hydrogen-bond acceptors (Lipinski definition) is 6. The van der Waals surface area contributed by atoms with Crippen molar-refractivity contribution in [1.82, 2.24) is 30.0 Å². The lowest BCUT2D eigenvalue weighted by Crippen LogP contribution is -2.24. The van der Waals surface area contributed by atoms with Crippen molar-refractivity contribution in [3.05, 3.63) is 71.9 Å². The number of fused-ring (bicyclic) bond motifs is 1. The molecule has 4 aromatic rings. The molecular weight excluding hydrogens is 488 g/mol. The van der Waals surface area contributed by atoms with Crippen LogP contribution in [0, 0.1) is 0 Å². The predicted octanol–water partition coefficient (Wildman–Crippen LogP) is 4.71. The standard InChI is InChI=1S/C28H29F2N7O/c29-28(30)6-10-37(18-28)16-19-11-21(15-31-14-19)20-3-4-25-24(12-20)26(35-34-25)27(38)33-22-5-7-32-23(13-22)17-36-8-1-2-9-36/h3-5,7,11-15H,1-2,6,8-10,16-18H2,(H,34,35)(H,32,33,38). The van der Waals surface area contributed by atoms with Crippen LogP contribution in [0.15, 0.2) is 55.0 Å². The monoisotopic (exact) mass is 517 g/mol. The number of H-pyrrole nitrogens is 1. The van der Waals surface area contributed by atoms with Gasteiger partial charge in [0.15, 0.2) is 5.69 Å². The first-order valence-electron chi connectivity index (χ1n) is 12.9. The van der Waals surface area contributed by atoms with Gasteiger partial charge in [-0.2, -0.15) is 5.10 Å². The van der Waals surface area contributed by atoms with E-state index in [1.807, 2.05) is 30.3 Å². The molecular formula is C28H29F2N7O. The highest BCUT2D eigenvalue weighted by Gasteiger charge is 2.37. The van der Waals surface area contributed by atoms with Gasteiger partial charge in [-0.05, 0) is 67.4 Å². The summed E-state index contributed by atoms with van der Waals surface area (Å²) >= 11 is 0. The third kappa shape index (κ3) is 5.41. The maximum atomic E-state index is 13.6. The summed E-state index contributed by atoms with van der Waals surface area (Å²) in [6, 6.07) is 11.4. The zero-order chi connectivity index (χ0) is 26.1. The van der Waals surface area contributed by atoms with Crippen molar-refractivity contribution in [2.75, 3.05) is 31.5 Å². The minimum Gasteiger partial charge on any atom is -0.320 e. The van der Waals surface area contributed by atoms with E-state index in [2.05, 4.69) is 30.4 Å². The van der Waals surface area contributed by atoms with Crippen LogP contribution in [0.5, 0.6) is 0 Å². The molecule has 8 nitrogen and oxygen atoms in total. The molecule has 2 saturated heterocycles. The quantitative estimate of drug-likeness (QED) is 0.369. The summed E-state index contributed by atoms with van der Waals surface area (Å²) in [6.07, 6.45) is 7.47. The molecule has 10 heteroatoms. The number of carbonyl (C=O) groups is 1. The molecule has 2 N–H and O–H groups in total. The smallest absolute Gasteiger partial charge is 0.276 e. The van der Waals surface area contributed by atoms with E-state index in [4.69, 9.17) is 0 Å². The number of likely N-dealkylation sites (tertiary alicyclic amines) is 2. The number of halogens is 2. The second kappa shape index (κ2) is 10.2. The van der Waals surface area contributed by atoms with Crippen LogP contribution in [0.3, 0.4) is 0 Å². The van der Waals surface area contributed by atoms with E-state index in [-0.39, 0.29) is 18.9 Å².